The summed E-state index contributed by atoms with van der Waals surface area (Å²) in [6.45, 7) is 4.48. The normalized spacial score (nSPS) is 30.4. The zero-order valence-corrected chi connectivity index (χ0v) is 11.8. The fraction of sp³-hybridized carbons (Fsp3) is 0.500. The molecule has 0 spiro atoms. The van der Waals surface area contributed by atoms with Gasteiger partial charge in [0.05, 0.1) is 12.2 Å². The summed E-state index contributed by atoms with van der Waals surface area (Å²) in [6, 6.07) is 3.73. The van der Waals surface area contributed by atoms with E-state index >= 15 is 0 Å². The highest BCUT2D eigenvalue weighted by Gasteiger charge is 2.45. The maximum Gasteiger partial charge on any atom is 0.0863 e. The fourth-order valence-electron chi connectivity index (χ4n) is 2.73. The molecule has 5 heteroatoms. The molecule has 0 bridgehead atoms. The number of hydrogen-bond donors (Lipinski definition) is 1. The lowest BCUT2D eigenvalue weighted by Gasteiger charge is -2.37. The van der Waals surface area contributed by atoms with E-state index in [0.717, 1.165) is 28.7 Å². The first kappa shape index (κ1) is 13.4. The maximum absolute atomic E-state index is 6.30. The lowest BCUT2D eigenvalue weighted by Crippen LogP contribution is -2.40. The number of fused-ring (bicyclic) bond motifs is 3. The molecule has 0 aliphatic carbocycles. The van der Waals surface area contributed by atoms with Crippen molar-refractivity contribution in [2.24, 2.45) is 0 Å². The highest BCUT2D eigenvalue weighted by molar-refractivity contribution is 6.34. The lowest BCUT2D eigenvalue weighted by atomic mass is 9.81. The van der Waals surface area contributed by atoms with Gasteiger partial charge in [0.15, 0.2) is 0 Å². The van der Waals surface area contributed by atoms with E-state index in [1.165, 1.54) is 5.56 Å². The van der Waals surface area contributed by atoms with Crippen LogP contribution < -0.4 is 5.32 Å². The Morgan fingerprint density at radius 1 is 1.35 bits per heavy atom. The predicted octanol–water partition coefficient (Wildman–Crippen LogP) is 3.39. The Kier molecular flexibility index (Phi) is 3.64. The molecule has 2 unspecified atom stereocenters. The van der Waals surface area contributed by atoms with Crippen molar-refractivity contribution in [1.29, 1.82) is 0 Å². The molecule has 1 N–H and O–H groups in total. The molecule has 2 nitrogen and oxygen atoms in total. The van der Waals surface area contributed by atoms with Gasteiger partial charge in [-0.3, -0.25) is 0 Å². The summed E-state index contributed by atoms with van der Waals surface area (Å²) < 4.78 is 5.95. The van der Waals surface area contributed by atoms with Crippen molar-refractivity contribution in [3.63, 3.8) is 0 Å². The van der Waals surface area contributed by atoms with E-state index in [0.29, 0.717) is 12.5 Å². The third kappa shape index (κ3) is 1.96. The number of ether oxygens (including phenoxy) is 1. The van der Waals surface area contributed by atoms with Crippen molar-refractivity contribution >= 4 is 35.6 Å². The average Bonchev–Trinajstić information content (AvgIpc) is 2.64. The quantitative estimate of drug-likeness (QED) is 0.792. The zero-order chi connectivity index (χ0) is 11.3. The fourth-order valence-corrected chi connectivity index (χ4v) is 3.26. The molecular weight excluding hydrogens is 280 g/mol. The van der Waals surface area contributed by atoms with Gasteiger partial charge in [-0.2, -0.15) is 0 Å². The highest BCUT2D eigenvalue weighted by atomic mass is 35.5. The van der Waals surface area contributed by atoms with Gasteiger partial charge in [-0.25, -0.2) is 0 Å². The Balaban J connectivity index is 0.00000108. The summed E-state index contributed by atoms with van der Waals surface area (Å²) in [7, 11) is 0. The van der Waals surface area contributed by atoms with Crippen LogP contribution in [-0.4, -0.2) is 18.7 Å². The third-order valence-electron chi connectivity index (χ3n) is 3.70. The van der Waals surface area contributed by atoms with Crippen LogP contribution in [0.1, 0.15) is 24.0 Å². The summed E-state index contributed by atoms with van der Waals surface area (Å²) >= 11 is 12.5. The minimum atomic E-state index is -0.138. The molecule has 1 saturated heterocycles. The van der Waals surface area contributed by atoms with Gasteiger partial charge in [0, 0.05) is 34.6 Å². The number of halogens is 3. The molecule has 2 aliphatic heterocycles. The van der Waals surface area contributed by atoms with Crippen LogP contribution in [0.3, 0.4) is 0 Å². The molecule has 2 atom stereocenters. The Labute approximate surface area is 117 Å². The van der Waals surface area contributed by atoms with E-state index in [9.17, 15) is 0 Å². The van der Waals surface area contributed by atoms with Crippen molar-refractivity contribution in [1.82, 2.24) is 5.32 Å². The van der Waals surface area contributed by atoms with E-state index in [-0.39, 0.29) is 18.0 Å². The lowest BCUT2D eigenvalue weighted by molar-refractivity contribution is -0.0516. The molecule has 0 radical (unpaired) electrons. The average molecular weight is 295 g/mol. The third-order valence-corrected chi connectivity index (χ3v) is 4.39. The molecular formula is C12H14Cl3NO. The molecule has 2 heterocycles. The minimum Gasteiger partial charge on any atom is -0.369 e. The van der Waals surface area contributed by atoms with Gasteiger partial charge >= 0.3 is 0 Å². The van der Waals surface area contributed by atoms with Crippen molar-refractivity contribution < 1.29 is 4.74 Å². The molecule has 94 valence electrons. The van der Waals surface area contributed by atoms with Gasteiger partial charge < -0.3 is 10.1 Å². The second-order valence-electron chi connectivity index (χ2n) is 4.71. The molecule has 0 aromatic heterocycles. The van der Waals surface area contributed by atoms with Gasteiger partial charge in [-0.15, -0.1) is 12.4 Å². The number of hydrogen-bond acceptors (Lipinski definition) is 2. The zero-order valence-electron chi connectivity index (χ0n) is 9.43. The number of nitrogens with one attached hydrogen (secondary N) is 1. The molecule has 2 aliphatic rings. The van der Waals surface area contributed by atoms with Crippen LogP contribution >= 0.6 is 35.6 Å². The summed E-state index contributed by atoms with van der Waals surface area (Å²) in [5.41, 5.74) is 2.09. The largest absolute Gasteiger partial charge is 0.369 e. The highest BCUT2D eigenvalue weighted by Crippen LogP contribution is 2.45. The minimum absolute atomic E-state index is 0. The molecule has 0 amide bonds. The van der Waals surface area contributed by atoms with E-state index < -0.39 is 0 Å². The first-order valence-corrected chi connectivity index (χ1v) is 6.19. The molecule has 17 heavy (non-hydrogen) atoms. The van der Waals surface area contributed by atoms with Crippen LogP contribution in [0.2, 0.25) is 10.0 Å². The van der Waals surface area contributed by atoms with Crippen LogP contribution in [0.5, 0.6) is 0 Å². The monoisotopic (exact) mass is 293 g/mol. The van der Waals surface area contributed by atoms with E-state index in [2.05, 4.69) is 12.2 Å². The number of rotatable bonds is 0. The van der Waals surface area contributed by atoms with E-state index in [1.54, 1.807) is 0 Å². The Hall–Kier alpha value is 0.01000. The number of benzene rings is 1. The summed E-state index contributed by atoms with van der Waals surface area (Å²) in [6.07, 6.45) is 0. The van der Waals surface area contributed by atoms with Crippen molar-refractivity contribution in [3.8, 4) is 0 Å². The summed E-state index contributed by atoms with van der Waals surface area (Å²) in [5, 5.41) is 4.93. The van der Waals surface area contributed by atoms with Crippen LogP contribution in [-0.2, 0) is 11.3 Å². The molecule has 0 saturated carbocycles. The van der Waals surface area contributed by atoms with Crippen LogP contribution in [0.25, 0.3) is 0 Å². The summed E-state index contributed by atoms with van der Waals surface area (Å²) in [5.74, 6) is 0.308. The van der Waals surface area contributed by atoms with Gasteiger partial charge in [0.2, 0.25) is 0 Å². The predicted molar refractivity (Wildman–Crippen MR) is 72.5 cm³/mol. The van der Waals surface area contributed by atoms with E-state index in [4.69, 9.17) is 27.9 Å². The van der Waals surface area contributed by atoms with Crippen LogP contribution in [0.15, 0.2) is 12.1 Å². The first-order valence-electron chi connectivity index (χ1n) is 5.43. The van der Waals surface area contributed by atoms with Gasteiger partial charge in [0.1, 0.15) is 0 Å². The standard InChI is InChI=1S/C12H13Cl2NO.ClH/c1-12-6-15-4-8(12)11-7(5-16-12)9(13)2-3-10(11)14;/h2-3,8,15H,4-6H2,1H3;1H. The Morgan fingerprint density at radius 3 is 2.82 bits per heavy atom. The SMILES string of the molecule is CC12CNCC1c1c(Cl)ccc(Cl)c1CO2.Cl. The second kappa shape index (κ2) is 4.60. The molecule has 1 fully saturated rings. The second-order valence-corrected chi connectivity index (χ2v) is 5.52. The topological polar surface area (TPSA) is 21.3 Å². The van der Waals surface area contributed by atoms with Gasteiger partial charge in [-0.05, 0) is 24.6 Å². The van der Waals surface area contributed by atoms with Crippen molar-refractivity contribution in [2.75, 3.05) is 13.1 Å². The van der Waals surface area contributed by atoms with E-state index in [1.807, 2.05) is 12.1 Å². The van der Waals surface area contributed by atoms with Crippen molar-refractivity contribution in [2.45, 2.75) is 25.0 Å². The molecule has 3 rings (SSSR count). The Bertz CT molecular complexity index is 452. The summed E-state index contributed by atoms with van der Waals surface area (Å²) in [4.78, 5) is 0. The van der Waals surface area contributed by atoms with Gasteiger partial charge in [-0.1, -0.05) is 23.2 Å². The smallest absolute Gasteiger partial charge is 0.0863 e. The molecule has 1 aromatic rings. The maximum atomic E-state index is 6.30. The van der Waals surface area contributed by atoms with Crippen molar-refractivity contribution in [3.05, 3.63) is 33.3 Å². The molecule has 1 aromatic carbocycles. The van der Waals surface area contributed by atoms with Crippen LogP contribution in [0, 0.1) is 0 Å². The van der Waals surface area contributed by atoms with Gasteiger partial charge in [0.25, 0.3) is 0 Å². The first-order chi connectivity index (χ1) is 7.62. The Morgan fingerprint density at radius 2 is 2.06 bits per heavy atom. The van der Waals surface area contributed by atoms with Crippen LogP contribution in [0.4, 0.5) is 0 Å².